The van der Waals surface area contributed by atoms with E-state index in [0.717, 1.165) is 6.42 Å². The highest BCUT2D eigenvalue weighted by Crippen LogP contribution is 2.47. The first-order chi connectivity index (χ1) is 10.6. The van der Waals surface area contributed by atoms with Crippen LogP contribution in [0, 0.1) is 0 Å². The third-order valence-electron chi connectivity index (χ3n) is 6.69. The van der Waals surface area contributed by atoms with Gasteiger partial charge in [-0.25, -0.2) is 0 Å². The minimum absolute atomic E-state index is 0.0477. The monoisotopic (exact) mass is 371 g/mol. The lowest BCUT2D eigenvalue weighted by Gasteiger charge is -2.57. The van der Waals surface area contributed by atoms with Gasteiger partial charge in [0.2, 0.25) is 5.91 Å². The lowest BCUT2D eigenvalue weighted by Crippen LogP contribution is -2.72. The molecule has 6 heteroatoms. The number of amides is 1. The first-order valence-electron chi connectivity index (χ1n) is 9.25. The average molecular weight is 372 g/mol. The lowest BCUT2D eigenvalue weighted by atomic mass is 9.99. The summed E-state index contributed by atoms with van der Waals surface area (Å²) in [5.74, 6) is 0.235. The largest absolute Gasteiger partial charge is 0.407 e. The first-order valence-corrected chi connectivity index (χ1v) is 15.1. The van der Waals surface area contributed by atoms with E-state index in [1.165, 1.54) is 0 Å². The Hall–Kier alpha value is -0.176. The molecule has 0 saturated carbocycles. The summed E-state index contributed by atoms with van der Waals surface area (Å²) in [6.45, 7) is 22.6. The fraction of sp³-hybridized carbons (Fsp3) is 0.944. The van der Waals surface area contributed by atoms with Crippen molar-refractivity contribution in [3.63, 3.8) is 0 Å². The van der Waals surface area contributed by atoms with Crippen LogP contribution in [0.3, 0.4) is 0 Å². The van der Waals surface area contributed by atoms with Gasteiger partial charge in [-0.1, -0.05) is 41.5 Å². The van der Waals surface area contributed by atoms with Crippen LogP contribution in [0.5, 0.6) is 0 Å². The number of carbonyl (C=O) groups is 1. The molecule has 24 heavy (non-hydrogen) atoms. The van der Waals surface area contributed by atoms with Gasteiger partial charge in [-0.3, -0.25) is 4.79 Å². The Morgan fingerprint density at radius 2 is 1.38 bits per heavy atom. The van der Waals surface area contributed by atoms with Crippen LogP contribution >= 0.6 is 0 Å². The quantitative estimate of drug-likeness (QED) is 0.671. The highest BCUT2D eigenvalue weighted by molar-refractivity contribution is 6.74. The van der Waals surface area contributed by atoms with Gasteiger partial charge in [0, 0.05) is 6.42 Å². The number of rotatable bonds is 4. The van der Waals surface area contributed by atoms with E-state index in [1.54, 1.807) is 0 Å². The fourth-order valence-corrected chi connectivity index (χ4v) is 5.39. The number of fused-ring (bicyclic) bond motifs is 1. The van der Waals surface area contributed by atoms with Gasteiger partial charge in [-0.05, 0) is 42.7 Å². The summed E-state index contributed by atoms with van der Waals surface area (Å²) in [7, 11) is -3.83. The fourth-order valence-electron chi connectivity index (χ4n) is 2.88. The minimum atomic E-state index is -1.95. The van der Waals surface area contributed by atoms with E-state index in [4.69, 9.17) is 8.85 Å². The van der Waals surface area contributed by atoms with E-state index in [-0.39, 0.29) is 34.4 Å². The molecule has 2 rings (SSSR count). The molecule has 0 aromatic carbocycles. The van der Waals surface area contributed by atoms with Gasteiger partial charge >= 0.3 is 0 Å². The van der Waals surface area contributed by atoms with Crippen molar-refractivity contribution in [1.29, 1.82) is 0 Å². The Kier molecular flexibility index (Phi) is 4.97. The number of carbonyl (C=O) groups excluding carboxylic acids is 1. The summed E-state index contributed by atoms with van der Waals surface area (Å²) in [4.78, 5) is 14.3. The molecule has 0 spiro atoms. The Labute approximate surface area is 150 Å². The third-order valence-corrected chi connectivity index (χ3v) is 15.6. The smallest absolute Gasteiger partial charge is 0.225 e. The standard InChI is InChI=1S/C18H37NO3Si2/c1-17(2,3)23(7,8)21-15-13-11-12-14(20)19(13)16(15)22-24(9,10)18(4,5)6/h13,15-16H,11-12H2,1-10H3/t13-,15+,16-/m1/s1. The van der Waals surface area contributed by atoms with Gasteiger partial charge in [0.25, 0.3) is 0 Å². The van der Waals surface area contributed by atoms with E-state index in [1.807, 2.05) is 4.90 Å². The van der Waals surface area contributed by atoms with Crippen molar-refractivity contribution in [3.05, 3.63) is 0 Å². The normalized spacial score (nSPS) is 28.8. The zero-order valence-electron chi connectivity index (χ0n) is 17.3. The molecule has 1 amide bonds. The molecule has 2 aliphatic rings. The van der Waals surface area contributed by atoms with Crippen molar-refractivity contribution >= 4 is 22.5 Å². The number of hydrogen-bond donors (Lipinski definition) is 0. The van der Waals surface area contributed by atoms with Crippen molar-refractivity contribution < 1.29 is 13.6 Å². The zero-order valence-corrected chi connectivity index (χ0v) is 19.3. The molecule has 0 aromatic rings. The van der Waals surface area contributed by atoms with E-state index < -0.39 is 16.6 Å². The molecular formula is C18H37NO3Si2. The molecule has 2 saturated heterocycles. The summed E-state index contributed by atoms with van der Waals surface area (Å²) in [5.41, 5.74) is 0. The molecule has 0 radical (unpaired) electrons. The maximum Gasteiger partial charge on any atom is 0.225 e. The SMILES string of the molecule is CC(C)(C)[Si](C)(C)O[C@H]1[C@H]2CCC(=O)N2[C@@H]1O[Si](C)(C)C(C)(C)C. The summed E-state index contributed by atoms with van der Waals surface area (Å²) in [6.07, 6.45) is 1.42. The van der Waals surface area contributed by atoms with Gasteiger partial charge in [-0.15, -0.1) is 0 Å². The average Bonchev–Trinajstić information content (AvgIpc) is 2.68. The predicted octanol–water partition coefficient (Wildman–Crippen LogP) is 4.73. The first kappa shape index (κ1) is 20.1. The van der Waals surface area contributed by atoms with Crippen molar-refractivity contribution in [2.45, 2.75) is 109 Å². The van der Waals surface area contributed by atoms with Crippen molar-refractivity contribution in [2.75, 3.05) is 0 Å². The summed E-state index contributed by atoms with van der Waals surface area (Å²) in [6, 6.07) is 0.224. The van der Waals surface area contributed by atoms with Gasteiger partial charge in [-0.2, -0.15) is 0 Å². The molecule has 2 fully saturated rings. The molecule has 0 N–H and O–H groups in total. The Bertz CT molecular complexity index is 505. The van der Waals surface area contributed by atoms with Crippen LogP contribution in [0.25, 0.3) is 0 Å². The second-order valence-corrected chi connectivity index (χ2v) is 20.0. The Morgan fingerprint density at radius 3 is 1.83 bits per heavy atom. The van der Waals surface area contributed by atoms with E-state index >= 15 is 0 Å². The molecule has 3 atom stereocenters. The van der Waals surface area contributed by atoms with Crippen LogP contribution in [0.2, 0.25) is 36.3 Å². The molecule has 0 aliphatic carbocycles. The maximum atomic E-state index is 12.3. The zero-order chi connectivity index (χ0) is 18.7. The molecule has 0 bridgehead atoms. The van der Waals surface area contributed by atoms with Crippen molar-refractivity contribution in [1.82, 2.24) is 4.90 Å². The van der Waals surface area contributed by atoms with Crippen molar-refractivity contribution in [3.8, 4) is 0 Å². The van der Waals surface area contributed by atoms with Gasteiger partial charge in [0.15, 0.2) is 16.6 Å². The minimum Gasteiger partial charge on any atom is -0.407 e. The summed E-state index contributed by atoms with van der Waals surface area (Å²) >= 11 is 0. The number of nitrogens with zero attached hydrogens (tertiary/aromatic N) is 1. The molecular weight excluding hydrogens is 334 g/mol. The molecule has 0 aromatic heterocycles. The topological polar surface area (TPSA) is 38.8 Å². The van der Waals surface area contributed by atoms with Crippen molar-refractivity contribution in [2.24, 2.45) is 0 Å². The third kappa shape index (κ3) is 3.39. The molecule has 140 valence electrons. The number of hydrogen-bond acceptors (Lipinski definition) is 3. The van der Waals surface area contributed by atoms with Crippen LogP contribution < -0.4 is 0 Å². The maximum absolute atomic E-state index is 12.3. The van der Waals surface area contributed by atoms with Gasteiger partial charge in [0.1, 0.15) is 12.3 Å². The van der Waals surface area contributed by atoms with Crippen LogP contribution in [0.15, 0.2) is 0 Å². The highest BCUT2D eigenvalue weighted by Gasteiger charge is 2.60. The van der Waals surface area contributed by atoms with Crippen LogP contribution in [0.1, 0.15) is 54.4 Å². The molecule has 2 heterocycles. The van der Waals surface area contributed by atoms with Crippen LogP contribution in [0.4, 0.5) is 0 Å². The molecule has 2 aliphatic heterocycles. The lowest BCUT2D eigenvalue weighted by molar-refractivity contribution is -0.190. The Balaban J connectivity index is 2.22. The van der Waals surface area contributed by atoms with Gasteiger partial charge in [0.05, 0.1) is 6.04 Å². The van der Waals surface area contributed by atoms with E-state index in [0.29, 0.717) is 6.42 Å². The molecule has 0 unspecified atom stereocenters. The van der Waals surface area contributed by atoms with E-state index in [9.17, 15) is 4.79 Å². The second-order valence-electron chi connectivity index (χ2n) is 10.5. The summed E-state index contributed by atoms with van der Waals surface area (Å²) in [5, 5.41) is 0.292. The van der Waals surface area contributed by atoms with E-state index in [2.05, 4.69) is 67.7 Å². The Morgan fingerprint density at radius 1 is 0.917 bits per heavy atom. The molecule has 4 nitrogen and oxygen atoms in total. The second kappa shape index (κ2) is 5.93. The summed E-state index contributed by atoms with van der Waals surface area (Å²) < 4.78 is 13.3. The van der Waals surface area contributed by atoms with Crippen LogP contribution in [-0.2, 0) is 13.6 Å². The van der Waals surface area contributed by atoms with Crippen LogP contribution in [-0.4, -0.2) is 45.8 Å². The van der Waals surface area contributed by atoms with Gasteiger partial charge < -0.3 is 13.8 Å². The highest BCUT2D eigenvalue weighted by atomic mass is 28.4. The predicted molar refractivity (Wildman–Crippen MR) is 104 cm³/mol.